The molecule has 4 rings (SSSR count). The Morgan fingerprint density at radius 1 is 1.29 bits per heavy atom. The molecule has 6 heteroatoms. The van der Waals surface area contributed by atoms with Crippen LogP contribution in [0.2, 0.25) is 0 Å². The second kappa shape index (κ2) is 4.60. The highest BCUT2D eigenvalue weighted by Gasteiger charge is 2.33. The van der Waals surface area contributed by atoms with Crippen LogP contribution in [0.4, 0.5) is 0 Å². The number of hydrogen-bond acceptors (Lipinski definition) is 5. The summed E-state index contributed by atoms with van der Waals surface area (Å²) in [4.78, 5) is 24.9. The molecule has 2 aliphatic rings. The SMILES string of the molecule is O=C(NC1CC(=O)c2cc3c(cc21)OCO3)c1cccs1. The molecule has 1 aromatic carbocycles. The van der Waals surface area contributed by atoms with Crippen LogP contribution in [0.3, 0.4) is 0 Å². The first-order valence-electron chi connectivity index (χ1n) is 6.53. The fourth-order valence-electron chi connectivity index (χ4n) is 2.66. The van der Waals surface area contributed by atoms with Crippen molar-refractivity contribution in [3.05, 3.63) is 45.6 Å². The molecule has 1 amide bonds. The van der Waals surface area contributed by atoms with Gasteiger partial charge in [0.05, 0.1) is 10.9 Å². The Labute approximate surface area is 124 Å². The van der Waals surface area contributed by atoms with Gasteiger partial charge in [-0.2, -0.15) is 0 Å². The molecule has 0 spiro atoms. The van der Waals surface area contributed by atoms with Crippen LogP contribution < -0.4 is 14.8 Å². The van der Waals surface area contributed by atoms with Crippen LogP contribution in [0.15, 0.2) is 29.6 Å². The average molecular weight is 301 g/mol. The highest BCUT2D eigenvalue weighted by Crippen LogP contribution is 2.41. The van der Waals surface area contributed by atoms with Gasteiger partial charge >= 0.3 is 0 Å². The van der Waals surface area contributed by atoms with Gasteiger partial charge in [-0.15, -0.1) is 11.3 Å². The standard InChI is InChI=1S/C15H11NO4S/c17-11-6-10(16-15(18)14-2-1-3-21-14)8-4-12-13(5-9(8)11)20-7-19-12/h1-5,10H,6-7H2,(H,16,18). The van der Waals surface area contributed by atoms with Crippen molar-refractivity contribution in [2.75, 3.05) is 6.79 Å². The minimum Gasteiger partial charge on any atom is -0.454 e. The lowest BCUT2D eigenvalue weighted by Crippen LogP contribution is -2.26. The van der Waals surface area contributed by atoms with E-state index in [-0.39, 0.29) is 30.9 Å². The molecule has 0 fully saturated rings. The van der Waals surface area contributed by atoms with Crippen LogP contribution in [-0.4, -0.2) is 18.5 Å². The number of Topliss-reactive ketones (excluding diaryl/α,β-unsaturated/α-hetero) is 1. The summed E-state index contributed by atoms with van der Waals surface area (Å²) in [6.07, 6.45) is 0.273. The highest BCUT2D eigenvalue weighted by molar-refractivity contribution is 7.12. The zero-order valence-electron chi connectivity index (χ0n) is 10.9. The Kier molecular flexibility index (Phi) is 2.71. The van der Waals surface area contributed by atoms with Gasteiger partial charge < -0.3 is 14.8 Å². The van der Waals surface area contributed by atoms with E-state index in [0.717, 1.165) is 5.56 Å². The van der Waals surface area contributed by atoms with E-state index in [1.807, 2.05) is 11.4 Å². The monoisotopic (exact) mass is 301 g/mol. The minimum atomic E-state index is -0.309. The molecule has 2 aromatic rings. The van der Waals surface area contributed by atoms with Crippen LogP contribution in [0.1, 0.15) is 38.1 Å². The van der Waals surface area contributed by atoms with Crippen molar-refractivity contribution < 1.29 is 19.1 Å². The number of fused-ring (bicyclic) bond motifs is 2. The van der Waals surface area contributed by atoms with Crippen molar-refractivity contribution in [1.82, 2.24) is 5.32 Å². The van der Waals surface area contributed by atoms with Crippen LogP contribution in [0, 0.1) is 0 Å². The van der Waals surface area contributed by atoms with Gasteiger partial charge in [-0.3, -0.25) is 9.59 Å². The third kappa shape index (κ3) is 1.99. The second-order valence-corrected chi connectivity index (χ2v) is 5.87. The Bertz CT molecular complexity index is 738. The topological polar surface area (TPSA) is 64.6 Å². The maximum Gasteiger partial charge on any atom is 0.261 e. The van der Waals surface area contributed by atoms with E-state index in [1.54, 1.807) is 18.2 Å². The summed E-state index contributed by atoms with van der Waals surface area (Å²) in [5.41, 5.74) is 1.41. The van der Waals surface area contributed by atoms with E-state index in [9.17, 15) is 9.59 Å². The number of rotatable bonds is 2. The summed E-state index contributed by atoms with van der Waals surface area (Å²) in [6, 6.07) is 6.78. The van der Waals surface area contributed by atoms with Crippen molar-refractivity contribution >= 4 is 23.0 Å². The number of amides is 1. The number of hydrogen-bond donors (Lipinski definition) is 1. The molecule has 0 saturated carbocycles. The van der Waals surface area contributed by atoms with Gasteiger partial charge in [0.25, 0.3) is 5.91 Å². The molecule has 1 aliphatic carbocycles. The predicted octanol–water partition coefficient (Wildman–Crippen LogP) is 2.53. The zero-order chi connectivity index (χ0) is 14.4. The van der Waals surface area contributed by atoms with Crippen molar-refractivity contribution in [3.8, 4) is 11.5 Å². The molecule has 0 bridgehead atoms. The number of ketones is 1. The molecule has 21 heavy (non-hydrogen) atoms. The first kappa shape index (κ1) is 12.4. The van der Waals surface area contributed by atoms with Crippen molar-refractivity contribution in [2.45, 2.75) is 12.5 Å². The second-order valence-electron chi connectivity index (χ2n) is 4.92. The molecule has 106 valence electrons. The molecule has 2 heterocycles. The third-order valence-electron chi connectivity index (χ3n) is 3.66. The fourth-order valence-corrected chi connectivity index (χ4v) is 3.29. The first-order valence-corrected chi connectivity index (χ1v) is 7.41. The maximum atomic E-state index is 12.1. The number of carbonyl (C=O) groups is 2. The van der Waals surface area contributed by atoms with E-state index < -0.39 is 0 Å². The number of thiophene rings is 1. The Morgan fingerprint density at radius 3 is 2.86 bits per heavy atom. The number of nitrogens with one attached hydrogen (secondary N) is 1. The van der Waals surface area contributed by atoms with Crippen LogP contribution in [0.25, 0.3) is 0 Å². The van der Waals surface area contributed by atoms with Crippen molar-refractivity contribution in [2.24, 2.45) is 0 Å². The van der Waals surface area contributed by atoms with E-state index in [2.05, 4.69) is 5.32 Å². The van der Waals surface area contributed by atoms with Gasteiger partial charge in [-0.05, 0) is 29.1 Å². The van der Waals surface area contributed by atoms with Gasteiger partial charge in [0.1, 0.15) is 0 Å². The van der Waals surface area contributed by atoms with Crippen LogP contribution in [-0.2, 0) is 0 Å². The van der Waals surface area contributed by atoms with Crippen molar-refractivity contribution in [3.63, 3.8) is 0 Å². The normalized spacial score (nSPS) is 18.7. The Morgan fingerprint density at radius 2 is 2.10 bits per heavy atom. The molecule has 1 aliphatic heterocycles. The number of carbonyl (C=O) groups excluding carboxylic acids is 2. The highest BCUT2D eigenvalue weighted by atomic mass is 32.1. The molecule has 0 saturated heterocycles. The summed E-state index contributed by atoms with van der Waals surface area (Å²) >= 11 is 1.37. The van der Waals surface area contributed by atoms with E-state index in [1.165, 1.54) is 11.3 Å². The smallest absolute Gasteiger partial charge is 0.261 e. The Hall–Kier alpha value is -2.34. The van der Waals surface area contributed by atoms with Crippen molar-refractivity contribution in [1.29, 1.82) is 0 Å². The molecular weight excluding hydrogens is 290 g/mol. The third-order valence-corrected chi connectivity index (χ3v) is 4.53. The van der Waals surface area contributed by atoms with Gasteiger partial charge in [0.15, 0.2) is 17.3 Å². The molecule has 5 nitrogen and oxygen atoms in total. The lowest BCUT2D eigenvalue weighted by Gasteiger charge is -2.13. The molecular formula is C15H11NO4S. The Balaban J connectivity index is 1.65. The number of ether oxygens (including phenoxy) is 2. The summed E-state index contributed by atoms with van der Waals surface area (Å²) in [7, 11) is 0. The summed E-state index contributed by atoms with van der Waals surface area (Å²) in [5.74, 6) is 1.07. The summed E-state index contributed by atoms with van der Waals surface area (Å²) in [6.45, 7) is 0.165. The van der Waals surface area contributed by atoms with E-state index in [4.69, 9.17) is 9.47 Å². The molecule has 0 radical (unpaired) electrons. The quantitative estimate of drug-likeness (QED) is 0.925. The molecule has 1 atom stereocenters. The minimum absolute atomic E-state index is 0.0137. The fraction of sp³-hybridized carbons (Fsp3) is 0.200. The largest absolute Gasteiger partial charge is 0.454 e. The molecule has 1 unspecified atom stereocenters. The number of benzene rings is 1. The predicted molar refractivity (Wildman–Crippen MR) is 76.0 cm³/mol. The van der Waals surface area contributed by atoms with E-state index >= 15 is 0 Å². The van der Waals surface area contributed by atoms with Crippen LogP contribution >= 0.6 is 11.3 Å². The first-order chi connectivity index (χ1) is 10.2. The lowest BCUT2D eigenvalue weighted by molar-refractivity contribution is 0.0928. The van der Waals surface area contributed by atoms with Gasteiger partial charge in [0.2, 0.25) is 6.79 Å². The summed E-state index contributed by atoms with van der Waals surface area (Å²) < 4.78 is 10.6. The van der Waals surface area contributed by atoms with Gasteiger partial charge in [-0.1, -0.05) is 6.07 Å². The molecule has 1 N–H and O–H groups in total. The van der Waals surface area contributed by atoms with Crippen LogP contribution in [0.5, 0.6) is 11.5 Å². The molecule has 1 aromatic heterocycles. The van der Waals surface area contributed by atoms with Gasteiger partial charge in [0, 0.05) is 12.0 Å². The van der Waals surface area contributed by atoms with Gasteiger partial charge in [-0.25, -0.2) is 0 Å². The van der Waals surface area contributed by atoms with E-state index in [0.29, 0.717) is 21.9 Å². The lowest BCUT2D eigenvalue weighted by atomic mass is 10.1. The average Bonchev–Trinajstić information content (AvgIpc) is 3.19. The zero-order valence-corrected chi connectivity index (χ0v) is 11.7. The summed E-state index contributed by atoms with van der Waals surface area (Å²) in [5, 5.41) is 4.76. The maximum absolute atomic E-state index is 12.1.